The highest BCUT2D eigenvalue weighted by atomic mass is 16.3. The number of amides is 1. The number of carbonyl (C=O) groups excluding carboxylic acids is 1. The van der Waals surface area contributed by atoms with Crippen LogP contribution in [-0.4, -0.2) is 28.6 Å². The Bertz CT molecular complexity index is 838. The number of rotatable bonds is 8. The molecule has 0 saturated carbocycles. The monoisotopic (exact) mass is 380 g/mol. The van der Waals surface area contributed by atoms with Crippen molar-refractivity contribution < 1.29 is 14.3 Å². The first-order valence-corrected chi connectivity index (χ1v) is 9.90. The summed E-state index contributed by atoms with van der Waals surface area (Å²) in [5, 5.41) is 13.6. The van der Waals surface area contributed by atoms with Crippen molar-refractivity contribution in [2.45, 2.75) is 45.6 Å². The number of nitrogens with one attached hydrogen (secondary N) is 1. The van der Waals surface area contributed by atoms with Gasteiger partial charge in [0.2, 0.25) is 0 Å². The highest BCUT2D eigenvalue weighted by Gasteiger charge is 2.32. The van der Waals surface area contributed by atoms with Gasteiger partial charge in [-0.1, -0.05) is 44.4 Å². The Morgan fingerprint density at radius 2 is 1.93 bits per heavy atom. The van der Waals surface area contributed by atoms with Crippen LogP contribution in [0.15, 0.2) is 70.5 Å². The van der Waals surface area contributed by atoms with Crippen molar-refractivity contribution in [2.75, 3.05) is 11.9 Å². The number of aliphatic hydroxyl groups is 1. The normalized spacial score (nSPS) is 16.9. The van der Waals surface area contributed by atoms with Gasteiger partial charge in [-0.15, -0.1) is 0 Å². The van der Waals surface area contributed by atoms with Gasteiger partial charge < -0.3 is 19.7 Å². The molecule has 0 saturated heterocycles. The number of hydrogen-bond donors (Lipinski definition) is 2. The maximum Gasteiger partial charge on any atom is 0.256 e. The molecule has 2 aromatic rings. The molecule has 2 N–H and O–H groups in total. The fraction of sp³-hybridized carbons (Fsp3) is 0.348. The molecule has 28 heavy (non-hydrogen) atoms. The lowest BCUT2D eigenvalue weighted by molar-refractivity contribution is -0.113. The highest BCUT2D eigenvalue weighted by Crippen LogP contribution is 2.34. The molecule has 1 atom stereocenters. The SMILES string of the molecule is CCCCCCN1C(C)=CC(O)C(C(=O)Nc2ccccc2)=C1c1ccco1. The smallest absolute Gasteiger partial charge is 0.256 e. The van der Waals surface area contributed by atoms with Crippen LogP contribution in [0.1, 0.15) is 45.3 Å². The maximum atomic E-state index is 13.1. The van der Waals surface area contributed by atoms with Gasteiger partial charge >= 0.3 is 0 Å². The van der Waals surface area contributed by atoms with Crippen LogP contribution in [0.25, 0.3) is 5.70 Å². The average Bonchev–Trinajstić information content (AvgIpc) is 3.21. The van der Waals surface area contributed by atoms with Crippen LogP contribution in [0.4, 0.5) is 5.69 Å². The Hall–Kier alpha value is -2.79. The fourth-order valence-electron chi connectivity index (χ4n) is 3.49. The Kier molecular flexibility index (Phi) is 6.71. The molecule has 0 aliphatic carbocycles. The van der Waals surface area contributed by atoms with Gasteiger partial charge in [-0.2, -0.15) is 0 Å². The van der Waals surface area contributed by atoms with E-state index in [1.165, 1.54) is 12.8 Å². The quantitative estimate of drug-likeness (QED) is 0.646. The maximum absolute atomic E-state index is 13.1. The zero-order valence-electron chi connectivity index (χ0n) is 16.5. The van der Waals surface area contributed by atoms with Crippen LogP contribution in [0.3, 0.4) is 0 Å². The summed E-state index contributed by atoms with van der Waals surface area (Å²) in [5.41, 5.74) is 2.56. The third-order valence-corrected chi connectivity index (χ3v) is 4.91. The molecule has 0 spiro atoms. The minimum atomic E-state index is -0.990. The van der Waals surface area contributed by atoms with E-state index in [0.29, 0.717) is 22.7 Å². The minimum absolute atomic E-state index is 0.305. The lowest BCUT2D eigenvalue weighted by Gasteiger charge is -2.34. The zero-order chi connectivity index (χ0) is 19.9. The van der Waals surface area contributed by atoms with E-state index in [4.69, 9.17) is 4.42 Å². The van der Waals surface area contributed by atoms with Crippen molar-refractivity contribution >= 4 is 17.3 Å². The molecule has 1 aromatic heterocycles. The topological polar surface area (TPSA) is 65.7 Å². The van der Waals surface area contributed by atoms with Crippen LogP contribution in [0.5, 0.6) is 0 Å². The summed E-state index contributed by atoms with van der Waals surface area (Å²) in [6, 6.07) is 12.9. The molecular weight excluding hydrogens is 352 g/mol. The summed E-state index contributed by atoms with van der Waals surface area (Å²) in [7, 11) is 0. The van der Waals surface area contributed by atoms with E-state index in [9.17, 15) is 9.90 Å². The highest BCUT2D eigenvalue weighted by molar-refractivity contribution is 6.10. The summed E-state index contributed by atoms with van der Waals surface area (Å²) >= 11 is 0. The standard InChI is InChI=1S/C23H28N2O3/c1-3-4-5-9-14-25-17(2)16-19(26)21(22(25)20-13-10-15-28-20)23(27)24-18-11-7-6-8-12-18/h6-8,10-13,15-16,19,26H,3-5,9,14H2,1-2H3,(H,24,27). The Labute approximate surface area is 166 Å². The average molecular weight is 380 g/mol. The van der Waals surface area contributed by atoms with E-state index < -0.39 is 6.10 Å². The van der Waals surface area contributed by atoms with E-state index in [1.54, 1.807) is 18.4 Å². The lowest BCUT2D eigenvalue weighted by Crippen LogP contribution is -2.35. The van der Waals surface area contributed by atoms with Crippen LogP contribution in [0, 0.1) is 0 Å². The molecule has 3 rings (SSSR count). The van der Waals surface area contributed by atoms with Gasteiger partial charge in [0.05, 0.1) is 17.5 Å². The Balaban J connectivity index is 1.95. The van der Waals surface area contributed by atoms with E-state index in [1.807, 2.05) is 43.3 Å². The predicted octanol–water partition coefficient (Wildman–Crippen LogP) is 4.79. The molecule has 5 nitrogen and oxygen atoms in total. The number of allylic oxidation sites excluding steroid dienone is 1. The second kappa shape index (κ2) is 9.42. The molecule has 1 aliphatic heterocycles. The number of aliphatic hydroxyl groups excluding tert-OH is 1. The lowest BCUT2D eigenvalue weighted by atomic mass is 9.97. The first-order valence-electron chi connectivity index (χ1n) is 9.90. The van der Waals surface area contributed by atoms with E-state index in [-0.39, 0.29) is 5.91 Å². The second-order valence-electron chi connectivity index (χ2n) is 7.02. The minimum Gasteiger partial charge on any atom is -0.463 e. The number of furan rings is 1. The van der Waals surface area contributed by atoms with Gasteiger partial charge in [-0.3, -0.25) is 4.79 Å². The van der Waals surface area contributed by atoms with Crippen molar-refractivity contribution in [1.82, 2.24) is 4.90 Å². The summed E-state index contributed by atoms with van der Waals surface area (Å²) in [5.74, 6) is 0.257. The van der Waals surface area contributed by atoms with Crippen LogP contribution in [0.2, 0.25) is 0 Å². The molecule has 148 valence electrons. The first kappa shape index (κ1) is 20.0. The number of nitrogens with zero attached hydrogens (tertiary/aromatic N) is 1. The van der Waals surface area contributed by atoms with Gasteiger partial charge in [0.15, 0.2) is 5.76 Å². The molecule has 5 heteroatoms. The van der Waals surface area contributed by atoms with Gasteiger partial charge in [-0.25, -0.2) is 0 Å². The van der Waals surface area contributed by atoms with Gasteiger partial charge in [0.1, 0.15) is 6.10 Å². The number of benzene rings is 1. The van der Waals surface area contributed by atoms with Crippen molar-refractivity contribution in [3.05, 3.63) is 71.8 Å². The third kappa shape index (κ3) is 4.54. The molecule has 1 aliphatic rings. The molecule has 1 aromatic carbocycles. The second-order valence-corrected chi connectivity index (χ2v) is 7.02. The molecule has 0 bridgehead atoms. The van der Waals surface area contributed by atoms with E-state index in [2.05, 4.69) is 17.1 Å². The zero-order valence-corrected chi connectivity index (χ0v) is 16.5. The van der Waals surface area contributed by atoms with Crippen molar-refractivity contribution in [1.29, 1.82) is 0 Å². The summed E-state index contributed by atoms with van der Waals surface area (Å²) < 4.78 is 5.64. The Morgan fingerprint density at radius 3 is 2.61 bits per heavy atom. The van der Waals surface area contributed by atoms with Gasteiger partial charge in [-0.05, 0) is 43.7 Å². The first-order chi connectivity index (χ1) is 13.6. The third-order valence-electron chi connectivity index (χ3n) is 4.91. The number of carbonyl (C=O) groups is 1. The molecule has 1 unspecified atom stereocenters. The van der Waals surface area contributed by atoms with Crippen LogP contribution >= 0.6 is 0 Å². The molecular formula is C23H28N2O3. The van der Waals surface area contributed by atoms with Crippen molar-refractivity contribution in [2.24, 2.45) is 0 Å². The van der Waals surface area contributed by atoms with Gasteiger partial charge in [0.25, 0.3) is 5.91 Å². The van der Waals surface area contributed by atoms with Crippen molar-refractivity contribution in [3.63, 3.8) is 0 Å². The number of unbranched alkanes of at least 4 members (excludes halogenated alkanes) is 3. The summed E-state index contributed by atoms with van der Waals surface area (Å²) in [6.07, 6.45) is 6.80. The largest absolute Gasteiger partial charge is 0.463 e. The van der Waals surface area contributed by atoms with Crippen LogP contribution in [-0.2, 0) is 4.79 Å². The number of para-hydroxylation sites is 1. The summed E-state index contributed by atoms with van der Waals surface area (Å²) in [4.78, 5) is 15.2. The molecule has 2 heterocycles. The Morgan fingerprint density at radius 1 is 1.14 bits per heavy atom. The predicted molar refractivity (Wildman–Crippen MR) is 111 cm³/mol. The van der Waals surface area contributed by atoms with Crippen molar-refractivity contribution in [3.8, 4) is 0 Å². The fourth-order valence-corrected chi connectivity index (χ4v) is 3.49. The molecule has 1 amide bonds. The van der Waals surface area contributed by atoms with E-state index in [0.717, 1.165) is 25.1 Å². The molecule has 0 radical (unpaired) electrons. The van der Waals surface area contributed by atoms with Crippen LogP contribution < -0.4 is 5.32 Å². The number of anilines is 1. The van der Waals surface area contributed by atoms with Gasteiger partial charge in [0, 0.05) is 17.9 Å². The number of hydrogen-bond acceptors (Lipinski definition) is 4. The van der Waals surface area contributed by atoms with E-state index >= 15 is 0 Å². The molecule has 0 fully saturated rings. The summed E-state index contributed by atoms with van der Waals surface area (Å²) in [6.45, 7) is 4.91.